The molecule has 1 saturated carbocycles. The van der Waals surface area contributed by atoms with Gasteiger partial charge in [-0.25, -0.2) is 8.37 Å². The molecule has 94 valence electrons. The molecule has 0 N–H and O–H groups in total. The maximum Gasteiger partial charge on any atom is 0.399 e. The van der Waals surface area contributed by atoms with Gasteiger partial charge in [0.15, 0.2) is 0 Å². The Morgan fingerprint density at radius 1 is 1.00 bits per heavy atom. The molecule has 2 fully saturated rings. The van der Waals surface area contributed by atoms with Crippen molar-refractivity contribution in [2.45, 2.75) is 39.5 Å². The molecule has 1 aliphatic heterocycles. The summed E-state index contributed by atoms with van der Waals surface area (Å²) in [5, 5.41) is 0. The third-order valence-corrected chi connectivity index (χ3v) is 4.75. The minimum Gasteiger partial charge on any atom is -0.248 e. The van der Waals surface area contributed by atoms with Crippen LogP contribution in [-0.2, 0) is 18.8 Å². The zero-order valence-corrected chi connectivity index (χ0v) is 10.8. The lowest BCUT2D eigenvalue weighted by atomic mass is 9.70. The maximum atomic E-state index is 10.9. The highest BCUT2D eigenvalue weighted by Gasteiger charge is 2.35. The van der Waals surface area contributed by atoms with Crippen molar-refractivity contribution in [3.63, 3.8) is 0 Å². The van der Waals surface area contributed by atoms with E-state index in [-0.39, 0.29) is 5.92 Å². The molecular weight excluding hydrogens is 228 g/mol. The smallest absolute Gasteiger partial charge is 0.248 e. The molecule has 0 amide bonds. The lowest BCUT2D eigenvalue weighted by Gasteiger charge is -2.38. The van der Waals surface area contributed by atoms with E-state index in [0.717, 1.165) is 12.8 Å². The minimum absolute atomic E-state index is 0.250. The van der Waals surface area contributed by atoms with E-state index in [1.54, 1.807) is 0 Å². The lowest BCUT2D eigenvalue weighted by Crippen LogP contribution is -2.36. The van der Waals surface area contributed by atoms with Gasteiger partial charge in [-0.05, 0) is 37.0 Å². The van der Waals surface area contributed by atoms with Crippen LogP contribution in [0.15, 0.2) is 0 Å². The van der Waals surface area contributed by atoms with E-state index in [4.69, 9.17) is 8.37 Å². The Hall–Kier alpha value is -0.130. The van der Waals surface area contributed by atoms with Crippen molar-refractivity contribution >= 4 is 10.4 Å². The van der Waals surface area contributed by atoms with Gasteiger partial charge in [0.25, 0.3) is 0 Å². The Morgan fingerprint density at radius 3 is 2.00 bits per heavy atom. The largest absolute Gasteiger partial charge is 0.399 e. The van der Waals surface area contributed by atoms with Crippen LogP contribution in [0.4, 0.5) is 0 Å². The van der Waals surface area contributed by atoms with Crippen LogP contribution in [0.2, 0.25) is 0 Å². The van der Waals surface area contributed by atoms with Crippen molar-refractivity contribution in [3.8, 4) is 0 Å². The molecule has 4 nitrogen and oxygen atoms in total. The van der Waals surface area contributed by atoms with Crippen molar-refractivity contribution in [1.82, 2.24) is 0 Å². The summed E-state index contributed by atoms with van der Waals surface area (Å²) in [5.41, 5.74) is 0.443. The monoisotopic (exact) mass is 248 g/mol. The zero-order valence-electron chi connectivity index (χ0n) is 9.94. The third kappa shape index (κ3) is 2.96. The lowest BCUT2D eigenvalue weighted by molar-refractivity contribution is 0.0415. The van der Waals surface area contributed by atoms with Gasteiger partial charge >= 0.3 is 10.4 Å². The van der Waals surface area contributed by atoms with Crippen molar-refractivity contribution < 1.29 is 16.8 Å². The van der Waals surface area contributed by atoms with Crippen LogP contribution < -0.4 is 0 Å². The molecule has 0 radical (unpaired) electrons. The standard InChI is InChI=1S/C11H20O4S/c1-11(2)5-3-9(4-6-11)10-7-14-16(12,13)15-8-10/h9-10H,3-8H2,1-2H3. The van der Waals surface area contributed by atoms with Crippen LogP contribution in [0.3, 0.4) is 0 Å². The highest BCUT2D eigenvalue weighted by Crippen LogP contribution is 2.41. The first kappa shape index (κ1) is 12.3. The Labute approximate surface area is 97.6 Å². The van der Waals surface area contributed by atoms with E-state index in [9.17, 15) is 8.42 Å². The Bertz CT molecular complexity index is 323. The molecule has 0 unspecified atom stereocenters. The molecule has 0 bridgehead atoms. The second-order valence-electron chi connectivity index (χ2n) is 5.74. The second-order valence-corrected chi connectivity index (χ2v) is 7.03. The Balaban J connectivity index is 1.87. The molecule has 0 aromatic rings. The topological polar surface area (TPSA) is 52.6 Å². The molecule has 16 heavy (non-hydrogen) atoms. The Kier molecular flexibility index (Phi) is 3.29. The van der Waals surface area contributed by atoms with Gasteiger partial charge in [-0.1, -0.05) is 13.8 Å². The first-order chi connectivity index (χ1) is 7.38. The van der Waals surface area contributed by atoms with Crippen molar-refractivity contribution in [2.75, 3.05) is 13.2 Å². The van der Waals surface area contributed by atoms with Crippen molar-refractivity contribution in [1.29, 1.82) is 0 Å². The molecule has 1 aliphatic carbocycles. The van der Waals surface area contributed by atoms with Crippen LogP contribution in [0, 0.1) is 17.3 Å². The molecule has 0 spiro atoms. The summed E-state index contributed by atoms with van der Waals surface area (Å²) in [6.07, 6.45) is 4.73. The SMILES string of the molecule is CC1(C)CCC(C2COS(=O)(=O)OC2)CC1. The van der Waals surface area contributed by atoms with E-state index >= 15 is 0 Å². The van der Waals surface area contributed by atoms with E-state index < -0.39 is 10.4 Å². The van der Waals surface area contributed by atoms with Gasteiger partial charge in [-0.15, -0.1) is 0 Å². The maximum absolute atomic E-state index is 10.9. The first-order valence-corrected chi connectivity index (χ1v) is 7.25. The highest BCUT2D eigenvalue weighted by molar-refractivity contribution is 7.81. The van der Waals surface area contributed by atoms with Crippen molar-refractivity contribution in [3.05, 3.63) is 0 Å². The summed E-state index contributed by atoms with van der Waals surface area (Å²) in [6.45, 7) is 5.18. The van der Waals surface area contributed by atoms with Crippen LogP contribution in [0.5, 0.6) is 0 Å². The molecule has 2 rings (SSSR count). The average molecular weight is 248 g/mol. The number of rotatable bonds is 1. The van der Waals surface area contributed by atoms with E-state index in [1.807, 2.05) is 0 Å². The molecule has 1 heterocycles. The van der Waals surface area contributed by atoms with Gasteiger partial charge in [-0.2, -0.15) is 8.42 Å². The highest BCUT2D eigenvalue weighted by atomic mass is 32.3. The number of hydrogen-bond donors (Lipinski definition) is 0. The average Bonchev–Trinajstić information content (AvgIpc) is 2.19. The molecule has 5 heteroatoms. The van der Waals surface area contributed by atoms with E-state index in [1.165, 1.54) is 12.8 Å². The molecular formula is C11H20O4S. The zero-order chi connectivity index (χ0) is 11.8. The quantitative estimate of drug-likeness (QED) is 0.713. The van der Waals surface area contributed by atoms with Gasteiger partial charge in [0, 0.05) is 5.92 Å². The fourth-order valence-corrected chi connectivity index (χ4v) is 3.34. The van der Waals surface area contributed by atoms with Gasteiger partial charge in [-0.3, -0.25) is 0 Å². The summed E-state index contributed by atoms with van der Waals surface area (Å²) in [7, 11) is -3.68. The summed E-state index contributed by atoms with van der Waals surface area (Å²) in [5.74, 6) is 0.808. The predicted molar refractivity (Wildman–Crippen MR) is 60.1 cm³/mol. The van der Waals surface area contributed by atoms with Crippen LogP contribution in [-0.4, -0.2) is 21.6 Å². The van der Waals surface area contributed by atoms with E-state index in [2.05, 4.69) is 13.8 Å². The van der Waals surface area contributed by atoms with Gasteiger partial charge in [0.1, 0.15) is 0 Å². The summed E-state index contributed by atoms with van der Waals surface area (Å²) in [6, 6.07) is 0. The van der Waals surface area contributed by atoms with Crippen LogP contribution in [0.1, 0.15) is 39.5 Å². The van der Waals surface area contributed by atoms with E-state index in [0.29, 0.717) is 24.5 Å². The molecule has 1 saturated heterocycles. The second kappa shape index (κ2) is 4.27. The number of hydrogen-bond acceptors (Lipinski definition) is 4. The van der Waals surface area contributed by atoms with Gasteiger partial charge in [0.2, 0.25) is 0 Å². The summed E-state index contributed by atoms with van der Waals surface area (Å²) in [4.78, 5) is 0. The summed E-state index contributed by atoms with van der Waals surface area (Å²) >= 11 is 0. The van der Waals surface area contributed by atoms with Gasteiger partial charge < -0.3 is 0 Å². The summed E-state index contributed by atoms with van der Waals surface area (Å²) < 4.78 is 31.3. The fraction of sp³-hybridized carbons (Fsp3) is 1.00. The normalized spacial score (nSPS) is 31.4. The molecule has 0 atom stereocenters. The Morgan fingerprint density at radius 2 is 1.50 bits per heavy atom. The fourth-order valence-electron chi connectivity index (χ4n) is 2.59. The van der Waals surface area contributed by atoms with Crippen LogP contribution in [0.25, 0.3) is 0 Å². The third-order valence-electron chi connectivity index (χ3n) is 3.90. The molecule has 2 aliphatic rings. The predicted octanol–water partition coefficient (Wildman–Crippen LogP) is 2.11. The van der Waals surface area contributed by atoms with Gasteiger partial charge in [0.05, 0.1) is 13.2 Å². The molecule has 0 aromatic heterocycles. The molecule has 0 aromatic carbocycles. The first-order valence-electron chi connectivity index (χ1n) is 5.92. The van der Waals surface area contributed by atoms with Crippen molar-refractivity contribution in [2.24, 2.45) is 17.3 Å². The van der Waals surface area contributed by atoms with Crippen LogP contribution >= 0.6 is 0 Å². The minimum atomic E-state index is -3.68.